The number of non-ortho nitro benzene ring substituents is 1. The Balaban J connectivity index is 2.39. The van der Waals surface area contributed by atoms with Crippen molar-refractivity contribution in [3.63, 3.8) is 0 Å². The lowest BCUT2D eigenvalue weighted by atomic mass is 10.1. The Morgan fingerprint density at radius 3 is 2.86 bits per heavy atom. The monoisotopic (exact) mass is 292 g/mol. The molecule has 0 saturated carbocycles. The Labute approximate surface area is 119 Å². The number of nitro groups is 1. The summed E-state index contributed by atoms with van der Waals surface area (Å²) in [7, 11) is 0. The summed E-state index contributed by atoms with van der Waals surface area (Å²) in [5.41, 5.74) is 0.403. The zero-order valence-electron chi connectivity index (χ0n) is 11.3. The van der Waals surface area contributed by atoms with Crippen molar-refractivity contribution in [1.29, 1.82) is 0 Å². The Morgan fingerprint density at radius 2 is 2.24 bits per heavy atom. The molecular formula is C13H12N2O6. The van der Waals surface area contributed by atoms with E-state index in [1.54, 1.807) is 13.8 Å². The quantitative estimate of drug-likeness (QED) is 0.297. The van der Waals surface area contributed by atoms with Crippen LogP contribution in [0.15, 0.2) is 23.9 Å². The average molecular weight is 292 g/mol. The van der Waals surface area contributed by atoms with Crippen LogP contribution in [0.1, 0.15) is 12.5 Å². The fraction of sp³-hybridized carbons (Fsp3) is 0.231. The Kier molecular flexibility index (Phi) is 3.88. The number of benzene rings is 1. The predicted molar refractivity (Wildman–Crippen MR) is 71.8 cm³/mol. The molecule has 1 aromatic rings. The summed E-state index contributed by atoms with van der Waals surface area (Å²) in [4.78, 5) is 33.4. The number of hydrogen-bond acceptors (Lipinski definition) is 7. The summed E-state index contributed by atoms with van der Waals surface area (Å²) in [6.07, 6.45) is 0.947. The number of ether oxygens (including phenoxy) is 2. The van der Waals surface area contributed by atoms with Crippen molar-refractivity contribution in [3.8, 4) is 5.75 Å². The van der Waals surface area contributed by atoms with Gasteiger partial charge in [-0.15, -0.1) is 0 Å². The van der Waals surface area contributed by atoms with Crippen molar-refractivity contribution in [3.05, 3.63) is 39.6 Å². The Hall–Kier alpha value is -2.90. The van der Waals surface area contributed by atoms with Crippen LogP contribution in [0.5, 0.6) is 5.75 Å². The molecule has 1 aliphatic heterocycles. The van der Waals surface area contributed by atoms with E-state index in [1.165, 1.54) is 12.1 Å². The van der Waals surface area contributed by atoms with Crippen LogP contribution in [-0.4, -0.2) is 23.5 Å². The molecule has 0 bridgehead atoms. The second-order valence-corrected chi connectivity index (χ2v) is 4.22. The van der Waals surface area contributed by atoms with Crippen molar-refractivity contribution in [2.75, 3.05) is 11.9 Å². The van der Waals surface area contributed by atoms with E-state index in [0.717, 1.165) is 6.08 Å². The molecule has 2 rings (SSSR count). The number of fused-ring (bicyclic) bond motifs is 1. The summed E-state index contributed by atoms with van der Waals surface area (Å²) >= 11 is 0. The molecule has 0 unspecified atom stereocenters. The van der Waals surface area contributed by atoms with Gasteiger partial charge in [-0.05, 0) is 13.8 Å². The van der Waals surface area contributed by atoms with E-state index in [2.05, 4.69) is 5.32 Å². The maximum atomic E-state index is 11.8. The van der Waals surface area contributed by atoms with E-state index in [0.29, 0.717) is 5.56 Å². The molecule has 0 atom stereocenters. The highest BCUT2D eigenvalue weighted by Gasteiger charge is 2.27. The summed E-state index contributed by atoms with van der Waals surface area (Å²) in [5, 5.41) is 13.5. The minimum Gasteiger partial charge on any atom is -0.463 e. The minimum atomic E-state index is -0.757. The lowest BCUT2D eigenvalue weighted by Gasteiger charge is -2.20. The van der Waals surface area contributed by atoms with E-state index < -0.39 is 16.9 Å². The van der Waals surface area contributed by atoms with Gasteiger partial charge in [-0.3, -0.25) is 10.1 Å². The van der Waals surface area contributed by atoms with Crippen LogP contribution < -0.4 is 10.1 Å². The van der Waals surface area contributed by atoms with Gasteiger partial charge in [-0.25, -0.2) is 9.59 Å². The van der Waals surface area contributed by atoms with Gasteiger partial charge < -0.3 is 14.8 Å². The lowest BCUT2D eigenvalue weighted by Crippen LogP contribution is -2.25. The molecule has 0 amide bonds. The first-order chi connectivity index (χ1) is 9.92. The zero-order chi connectivity index (χ0) is 15.6. The van der Waals surface area contributed by atoms with Gasteiger partial charge in [0.05, 0.1) is 23.3 Å². The molecule has 0 saturated heterocycles. The molecule has 0 spiro atoms. The summed E-state index contributed by atoms with van der Waals surface area (Å²) in [6, 6.07) is 2.53. The highest BCUT2D eigenvalue weighted by Crippen LogP contribution is 2.37. The number of nitrogens with zero attached hydrogens (tertiary/aromatic N) is 1. The minimum absolute atomic E-state index is 0.138. The second-order valence-electron chi connectivity index (χ2n) is 4.22. The number of nitro benzene ring substituents is 1. The maximum absolute atomic E-state index is 11.8. The molecule has 1 heterocycles. The highest BCUT2D eigenvalue weighted by molar-refractivity contribution is 6.02. The topological polar surface area (TPSA) is 108 Å². The van der Waals surface area contributed by atoms with Crippen LogP contribution in [0.2, 0.25) is 0 Å². The number of nitrogens with one attached hydrogen (secondary N) is 1. The molecule has 21 heavy (non-hydrogen) atoms. The third kappa shape index (κ3) is 2.99. The predicted octanol–water partition coefficient (Wildman–Crippen LogP) is 1.68. The lowest BCUT2D eigenvalue weighted by molar-refractivity contribution is -0.384. The van der Waals surface area contributed by atoms with Gasteiger partial charge in [0.25, 0.3) is 5.69 Å². The molecule has 8 nitrogen and oxygen atoms in total. The molecule has 1 N–H and O–H groups in total. The molecule has 8 heteroatoms. The van der Waals surface area contributed by atoms with Gasteiger partial charge in [0.15, 0.2) is 5.75 Å². The van der Waals surface area contributed by atoms with Gasteiger partial charge in [-0.1, -0.05) is 0 Å². The van der Waals surface area contributed by atoms with Crippen molar-refractivity contribution in [1.82, 2.24) is 0 Å². The number of hydrogen-bond donors (Lipinski definition) is 1. The van der Waals surface area contributed by atoms with E-state index in [-0.39, 0.29) is 29.4 Å². The number of anilines is 1. The third-order valence-corrected chi connectivity index (χ3v) is 2.70. The van der Waals surface area contributed by atoms with Crippen LogP contribution >= 0.6 is 0 Å². The molecule has 0 aliphatic carbocycles. The van der Waals surface area contributed by atoms with Crippen molar-refractivity contribution < 1.29 is 24.0 Å². The van der Waals surface area contributed by atoms with E-state index >= 15 is 0 Å². The highest BCUT2D eigenvalue weighted by atomic mass is 16.6. The van der Waals surface area contributed by atoms with Crippen LogP contribution in [0.25, 0.3) is 0 Å². The van der Waals surface area contributed by atoms with Gasteiger partial charge in [0.2, 0.25) is 0 Å². The molecule has 0 radical (unpaired) electrons. The van der Waals surface area contributed by atoms with E-state index in [1.807, 2.05) is 0 Å². The standard InChI is InChI=1S/C13H12N2O6/c1-3-20-11(16)6-10-13(17)21-12-7(2)4-8(15(18)19)5-9(12)14-10/h4-6,14H,3H2,1-2H3. The summed E-state index contributed by atoms with van der Waals surface area (Å²) in [5.74, 6) is -1.26. The summed E-state index contributed by atoms with van der Waals surface area (Å²) in [6.45, 7) is 3.38. The van der Waals surface area contributed by atoms with Gasteiger partial charge in [0, 0.05) is 17.7 Å². The van der Waals surface area contributed by atoms with Crippen LogP contribution in [0.4, 0.5) is 11.4 Å². The first-order valence-electron chi connectivity index (χ1n) is 6.09. The largest absolute Gasteiger partial charge is 0.463 e. The first-order valence-corrected chi connectivity index (χ1v) is 6.09. The Bertz CT molecular complexity index is 665. The number of aryl methyl sites for hydroxylation is 1. The summed E-state index contributed by atoms with van der Waals surface area (Å²) < 4.78 is 9.78. The van der Waals surface area contributed by atoms with Gasteiger partial charge in [0.1, 0.15) is 5.70 Å². The van der Waals surface area contributed by atoms with E-state index in [4.69, 9.17) is 9.47 Å². The number of carbonyl (C=O) groups is 2. The third-order valence-electron chi connectivity index (χ3n) is 2.70. The molecule has 1 aliphatic rings. The normalized spacial score (nSPS) is 15.0. The Morgan fingerprint density at radius 1 is 1.52 bits per heavy atom. The van der Waals surface area contributed by atoms with Crippen molar-refractivity contribution in [2.24, 2.45) is 0 Å². The average Bonchev–Trinajstić information content (AvgIpc) is 2.40. The molecule has 1 aromatic carbocycles. The van der Waals surface area contributed by atoms with Crippen molar-refractivity contribution in [2.45, 2.75) is 13.8 Å². The fourth-order valence-electron chi connectivity index (χ4n) is 1.83. The zero-order valence-corrected chi connectivity index (χ0v) is 11.3. The first kappa shape index (κ1) is 14.5. The number of esters is 2. The van der Waals surface area contributed by atoms with Crippen LogP contribution in [-0.2, 0) is 14.3 Å². The number of carbonyl (C=O) groups excluding carboxylic acids is 2. The molecule has 0 aromatic heterocycles. The molecular weight excluding hydrogens is 280 g/mol. The van der Waals surface area contributed by atoms with E-state index in [9.17, 15) is 19.7 Å². The molecule has 0 fully saturated rings. The fourth-order valence-corrected chi connectivity index (χ4v) is 1.83. The van der Waals surface area contributed by atoms with Crippen LogP contribution in [0, 0.1) is 17.0 Å². The SMILES string of the molecule is CCOC(=O)C=C1Nc2cc([N+](=O)[O-])cc(C)c2OC1=O. The van der Waals surface area contributed by atoms with Crippen LogP contribution in [0.3, 0.4) is 0 Å². The molecule has 110 valence electrons. The second kappa shape index (κ2) is 5.61. The maximum Gasteiger partial charge on any atom is 0.360 e. The smallest absolute Gasteiger partial charge is 0.360 e. The van der Waals surface area contributed by atoms with Gasteiger partial charge in [-0.2, -0.15) is 0 Å². The van der Waals surface area contributed by atoms with Gasteiger partial charge >= 0.3 is 11.9 Å². The number of rotatable bonds is 3. The van der Waals surface area contributed by atoms with Crippen molar-refractivity contribution >= 4 is 23.3 Å².